The molecular weight excluding hydrogens is 1080 g/mol. The Hall–Kier alpha value is -9.62. The van der Waals surface area contributed by atoms with Gasteiger partial charge in [-0.05, 0) is 233 Å². The Kier molecular flexibility index (Phi) is 10.9. The number of hydrogen-bond acceptors (Lipinski definition) is 0. The molecule has 90 heavy (non-hydrogen) atoms. The summed E-state index contributed by atoms with van der Waals surface area (Å²) in [5.74, 6) is 0.780. The van der Waals surface area contributed by atoms with Crippen molar-refractivity contribution in [2.45, 2.75) is 101 Å². The van der Waals surface area contributed by atoms with Crippen molar-refractivity contribution in [3.8, 4) is 77.9 Å². The molecule has 0 spiro atoms. The third kappa shape index (κ3) is 6.92. The lowest BCUT2D eigenvalue weighted by molar-refractivity contribution is 0.294. The van der Waals surface area contributed by atoms with Crippen molar-refractivity contribution in [3.63, 3.8) is 0 Å². The molecule has 0 fully saturated rings. The van der Waals surface area contributed by atoms with Gasteiger partial charge < -0.3 is 0 Å². The van der Waals surface area contributed by atoms with Gasteiger partial charge in [-0.1, -0.05) is 260 Å². The second-order valence-electron chi connectivity index (χ2n) is 28.3. The summed E-state index contributed by atoms with van der Waals surface area (Å²) in [6, 6.07) is 100. The molecule has 13 aromatic carbocycles. The van der Waals surface area contributed by atoms with Gasteiger partial charge in [0.2, 0.25) is 0 Å². The first-order valence-corrected chi connectivity index (χ1v) is 33.2. The molecule has 0 radical (unpaired) electrons. The Balaban J connectivity index is 0.813. The van der Waals surface area contributed by atoms with Crippen LogP contribution >= 0.6 is 0 Å². The van der Waals surface area contributed by atoms with E-state index in [2.05, 4.69) is 296 Å². The third-order valence-corrected chi connectivity index (χ3v) is 23.7. The van der Waals surface area contributed by atoms with Crippen LogP contribution in [0.2, 0.25) is 0 Å². The van der Waals surface area contributed by atoms with E-state index in [1.165, 1.54) is 177 Å². The Morgan fingerprint density at radius 3 is 1.62 bits per heavy atom. The van der Waals surface area contributed by atoms with E-state index in [1.807, 2.05) is 0 Å². The van der Waals surface area contributed by atoms with Gasteiger partial charge in [-0.2, -0.15) is 0 Å². The average molecular weight is 1150 g/mol. The standard InChI is InChI=1S/C90H70/c1-7-90(8-2)79-44-38-54-24-13-16-27-62(54)82(79)74-47-57(56-35-40-65-71(46-56)64-29-20-32-78-86(64)84(65)68-28-17-19-31-77(68)89(78,5)6)37-42-67(74)87(90)85-66-41-36-58(48-73(66)81-61-26-15-12-23-53(61)33-43-69(81)85)60-50-75-70-45-55(52-21-10-9-11-22-52)34-39-63(70)72-49-59-25-14-18-30-76(59)88(3,4)80(51-60)83(72)75/h9-48,50-51,72,84-85,87H,7-8,49H2,1-6H3. The molecule has 0 bridgehead atoms. The topological polar surface area (TPSA) is 0 Å². The lowest BCUT2D eigenvalue weighted by Crippen LogP contribution is -2.39. The zero-order valence-corrected chi connectivity index (χ0v) is 52.2. The van der Waals surface area contributed by atoms with E-state index in [1.54, 1.807) is 0 Å². The van der Waals surface area contributed by atoms with Crippen molar-refractivity contribution in [3.05, 3.63) is 333 Å². The summed E-state index contributed by atoms with van der Waals surface area (Å²) in [6.07, 6.45) is 3.04. The van der Waals surface area contributed by atoms with Gasteiger partial charge in [0.15, 0.2) is 0 Å². The minimum absolute atomic E-state index is 0.0786. The van der Waals surface area contributed by atoms with Crippen LogP contribution < -0.4 is 0 Å². The molecule has 4 atom stereocenters. The molecule has 0 saturated carbocycles. The molecule has 0 saturated heterocycles. The van der Waals surface area contributed by atoms with E-state index in [4.69, 9.17) is 0 Å². The van der Waals surface area contributed by atoms with Crippen LogP contribution in [0.3, 0.4) is 0 Å². The fourth-order valence-electron chi connectivity index (χ4n) is 19.5. The normalized spacial score (nSPS) is 18.9. The molecule has 430 valence electrons. The molecule has 6 aliphatic carbocycles. The Bertz CT molecular complexity index is 5270. The predicted octanol–water partition coefficient (Wildman–Crippen LogP) is 23.4. The second-order valence-corrected chi connectivity index (χ2v) is 28.3. The van der Waals surface area contributed by atoms with Crippen molar-refractivity contribution in [2.24, 2.45) is 0 Å². The first-order chi connectivity index (χ1) is 44.0. The zero-order valence-electron chi connectivity index (χ0n) is 52.2. The Morgan fingerprint density at radius 2 is 0.867 bits per heavy atom. The van der Waals surface area contributed by atoms with Crippen molar-refractivity contribution in [1.82, 2.24) is 0 Å². The molecule has 0 nitrogen and oxygen atoms in total. The fraction of sp³-hybridized carbons (Fsp3) is 0.178. The molecule has 19 rings (SSSR count). The maximum absolute atomic E-state index is 2.62. The maximum Gasteiger partial charge on any atom is 0.0358 e. The van der Waals surface area contributed by atoms with Crippen LogP contribution in [0.25, 0.3) is 99.4 Å². The Morgan fingerprint density at radius 1 is 0.322 bits per heavy atom. The number of hydrogen-bond donors (Lipinski definition) is 0. The summed E-state index contributed by atoms with van der Waals surface area (Å²) in [5.41, 5.74) is 38.8. The van der Waals surface area contributed by atoms with Crippen molar-refractivity contribution in [2.75, 3.05) is 0 Å². The molecule has 6 aliphatic rings. The quantitative estimate of drug-likeness (QED) is 0.156. The molecule has 0 heteroatoms. The van der Waals surface area contributed by atoms with E-state index < -0.39 is 0 Å². The fourth-order valence-corrected chi connectivity index (χ4v) is 19.5. The summed E-state index contributed by atoms with van der Waals surface area (Å²) in [5, 5.41) is 5.28. The highest BCUT2D eigenvalue weighted by atomic mass is 14.5. The van der Waals surface area contributed by atoms with Crippen LogP contribution in [0.15, 0.2) is 255 Å². The predicted molar refractivity (Wildman–Crippen MR) is 376 cm³/mol. The molecule has 4 unspecified atom stereocenters. The van der Waals surface area contributed by atoms with Crippen molar-refractivity contribution >= 4 is 21.5 Å². The van der Waals surface area contributed by atoms with Gasteiger partial charge in [-0.15, -0.1) is 0 Å². The molecule has 0 N–H and O–H groups in total. The molecule has 0 amide bonds. The van der Waals surface area contributed by atoms with Gasteiger partial charge in [0.05, 0.1) is 0 Å². The van der Waals surface area contributed by atoms with Crippen LogP contribution in [0.4, 0.5) is 0 Å². The largest absolute Gasteiger partial charge is 0.0645 e. The highest BCUT2D eigenvalue weighted by Gasteiger charge is 2.52. The number of rotatable bonds is 6. The smallest absolute Gasteiger partial charge is 0.0358 e. The Labute approximate surface area is 529 Å². The monoisotopic (exact) mass is 1150 g/mol. The molecule has 0 aromatic heterocycles. The second kappa shape index (κ2) is 18.7. The molecular formula is C90H70. The number of benzene rings is 13. The maximum atomic E-state index is 2.62. The third-order valence-electron chi connectivity index (χ3n) is 23.7. The van der Waals surface area contributed by atoms with Gasteiger partial charge in [0.1, 0.15) is 0 Å². The minimum atomic E-state index is -0.213. The molecule has 0 heterocycles. The van der Waals surface area contributed by atoms with E-state index in [0.717, 1.165) is 19.3 Å². The van der Waals surface area contributed by atoms with E-state index in [-0.39, 0.29) is 34.0 Å². The summed E-state index contributed by atoms with van der Waals surface area (Å²) in [7, 11) is 0. The highest BCUT2D eigenvalue weighted by Crippen LogP contribution is 2.66. The van der Waals surface area contributed by atoms with Crippen molar-refractivity contribution < 1.29 is 0 Å². The van der Waals surface area contributed by atoms with Gasteiger partial charge >= 0.3 is 0 Å². The lowest BCUT2D eigenvalue weighted by Gasteiger charge is -2.49. The van der Waals surface area contributed by atoms with Gasteiger partial charge in [-0.3, -0.25) is 0 Å². The summed E-state index contributed by atoms with van der Waals surface area (Å²) >= 11 is 0. The first-order valence-electron chi connectivity index (χ1n) is 33.2. The van der Waals surface area contributed by atoms with E-state index >= 15 is 0 Å². The van der Waals surface area contributed by atoms with Gasteiger partial charge in [0, 0.05) is 39.9 Å². The summed E-state index contributed by atoms with van der Waals surface area (Å²) in [4.78, 5) is 0. The summed E-state index contributed by atoms with van der Waals surface area (Å²) in [6.45, 7) is 14.8. The minimum Gasteiger partial charge on any atom is -0.0645 e. The summed E-state index contributed by atoms with van der Waals surface area (Å²) < 4.78 is 0. The number of fused-ring (bicyclic) bond motifs is 19. The van der Waals surface area contributed by atoms with Crippen LogP contribution in [-0.4, -0.2) is 0 Å². The van der Waals surface area contributed by atoms with Gasteiger partial charge in [0.25, 0.3) is 0 Å². The van der Waals surface area contributed by atoms with E-state index in [9.17, 15) is 0 Å². The average Bonchev–Trinajstić information content (AvgIpc) is 1.37. The highest BCUT2D eigenvalue weighted by molar-refractivity contribution is 6.05. The SMILES string of the molecule is CCC1(CC)c2ccc3ccccc3c2-c2cc(-c3ccc4c(c3)-c3cccc5c3C4c3ccccc3C5(C)C)ccc2C1C1c2ccc(-c3cc4c5c(c3)C(C)(C)c3ccccc3CC5c3ccc(-c5ccccc5)cc3-4)cc2-c2c1ccc1ccccc21. The van der Waals surface area contributed by atoms with Crippen LogP contribution in [0.5, 0.6) is 0 Å². The molecule has 0 aliphatic heterocycles. The van der Waals surface area contributed by atoms with Crippen LogP contribution in [0, 0.1) is 0 Å². The first kappa shape index (κ1) is 52.3. The van der Waals surface area contributed by atoms with Crippen LogP contribution in [0.1, 0.15) is 156 Å². The zero-order chi connectivity index (χ0) is 60.1. The van der Waals surface area contributed by atoms with E-state index in [0.29, 0.717) is 5.92 Å². The van der Waals surface area contributed by atoms with Gasteiger partial charge in [-0.25, -0.2) is 0 Å². The molecule has 13 aromatic rings. The van der Waals surface area contributed by atoms with Crippen LogP contribution in [-0.2, 0) is 22.7 Å². The van der Waals surface area contributed by atoms with Crippen molar-refractivity contribution in [1.29, 1.82) is 0 Å². The lowest BCUT2D eigenvalue weighted by atomic mass is 9.53.